The lowest BCUT2D eigenvalue weighted by atomic mass is 10.0. The summed E-state index contributed by atoms with van der Waals surface area (Å²) in [6.07, 6.45) is 3.43. The molecule has 1 N–H and O–H groups in total. The Labute approximate surface area is 129 Å². The summed E-state index contributed by atoms with van der Waals surface area (Å²) in [5, 5.41) is 2.80. The zero-order chi connectivity index (χ0) is 15.5. The third-order valence-corrected chi connectivity index (χ3v) is 3.57. The van der Waals surface area contributed by atoms with E-state index in [0.717, 1.165) is 11.1 Å². The summed E-state index contributed by atoms with van der Waals surface area (Å²) < 4.78 is 0. The highest BCUT2D eigenvalue weighted by Gasteiger charge is 2.20. The number of nitrogens with one attached hydrogen (secondary N) is 1. The number of anilines is 1. The number of nitrogens with zero attached hydrogens (tertiary/aromatic N) is 1. The number of benzene rings is 2. The van der Waals surface area contributed by atoms with Crippen molar-refractivity contribution in [2.75, 3.05) is 11.9 Å². The molecule has 0 fully saturated rings. The number of ketones is 1. The predicted octanol–water partition coefficient (Wildman–Crippen LogP) is 3.70. The van der Waals surface area contributed by atoms with E-state index in [0.29, 0.717) is 11.3 Å². The number of urea groups is 1. The molecule has 1 aliphatic heterocycles. The summed E-state index contributed by atoms with van der Waals surface area (Å²) >= 11 is 0. The van der Waals surface area contributed by atoms with Crippen LogP contribution in [-0.4, -0.2) is 23.3 Å². The molecule has 22 heavy (non-hydrogen) atoms. The summed E-state index contributed by atoms with van der Waals surface area (Å²) in [6, 6.07) is 14.6. The van der Waals surface area contributed by atoms with E-state index in [1.54, 1.807) is 18.3 Å². The van der Waals surface area contributed by atoms with E-state index in [9.17, 15) is 9.59 Å². The molecule has 2 aromatic carbocycles. The van der Waals surface area contributed by atoms with Gasteiger partial charge in [0.1, 0.15) is 0 Å². The van der Waals surface area contributed by atoms with Crippen LogP contribution >= 0.6 is 0 Å². The maximum Gasteiger partial charge on any atom is 0.326 e. The highest BCUT2D eigenvalue weighted by atomic mass is 16.2. The molecule has 0 aromatic heterocycles. The van der Waals surface area contributed by atoms with Gasteiger partial charge in [0.05, 0.1) is 6.54 Å². The van der Waals surface area contributed by atoms with Gasteiger partial charge in [0, 0.05) is 17.5 Å². The molecule has 110 valence electrons. The van der Waals surface area contributed by atoms with Crippen molar-refractivity contribution in [1.29, 1.82) is 0 Å². The molecule has 4 nitrogen and oxygen atoms in total. The van der Waals surface area contributed by atoms with Crippen molar-refractivity contribution in [3.8, 4) is 0 Å². The minimum Gasteiger partial charge on any atom is -0.308 e. The van der Waals surface area contributed by atoms with Crippen molar-refractivity contribution in [2.24, 2.45) is 0 Å². The van der Waals surface area contributed by atoms with Crippen LogP contribution in [0.1, 0.15) is 21.5 Å². The topological polar surface area (TPSA) is 49.4 Å². The summed E-state index contributed by atoms with van der Waals surface area (Å²) in [5.41, 5.74) is 3.30. The number of carbonyl (C=O) groups is 2. The number of Topliss-reactive ketones (excluding diaryl/α,β-unsaturated/α-hetero) is 1. The Bertz CT molecular complexity index is 748. The average molecular weight is 292 g/mol. The summed E-state index contributed by atoms with van der Waals surface area (Å²) in [4.78, 5) is 26.0. The van der Waals surface area contributed by atoms with Crippen LogP contribution in [0.4, 0.5) is 10.5 Å². The average Bonchev–Trinajstić information content (AvgIpc) is 2.69. The number of hydrogen-bond acceptors (Lipinski definition) is 2. The monoisotopic (exact) mass is 292 g/mol. The quantitative estimate of drug-likeness (QED) is 0.871. The summed E-state index contributed by atoms with van der Waals surface area (Å²) in [5.74, 6) is -0.0698. The van der Waals surface area contributed by atoms with Crippen molar-refractivity contribution >= 4 is 23.6 Å². The predicted molar refractivity (Wildman–Crippen MR) is 86.7 cm³/mol. The zero-order valence-corrected chi connectivity index (χ0v) is 12.2. The molecule has 1 heterocycles. The Hall–Kier alpha value is -2.88. The lowest BCUT2D eigenvalue weighted by molar-refractivity contribution is 0.0966. The Morgan fingerprint density at radius 2 is 1.82 bits per heavy atom. The molecule has 2 aromatic rings. The molecule has 3 rings (SSSR count). The van der Waals surface area contributed by atoms with Crippen LogP contribution in [0.5, 0.6) is 0 Å². The Morgan fingerprint density at radius 3 is 2.59 bits per heavy atom. The van der Waals surface area contributed by atoms with Crippen LogP contribution in [-0.2, 0) is 0 Å². The largest absolute Gasteiger partial charge is 0.326 e. The van der Waals surface area contributed by atoms with Gasteiger partial charge in [-0.25, -0.2) is 4.79 Å². The number of aryl methyl sites for hydroxylation is 1. The number of hydrogen-bond donors (Lipinski definition) is 1. The maximum atomic E-state index is 12.3. The van der Waals surface area contributed by atoms with Crippen LogP contribution in [0, 0.1) is 6.92 Å². The van der Waals surface area contributed by atoms with E-state index in [4.69, 9.17) is 0 Å². The Morgan fingerprint density at radius 1 is 1.09 bits per heavy atom. The van der Waals surface area contributed by atoms with Crippen molar-refractivity contribution < 1.29 is 9.59 Å². The van der Waals surface area contributed by atoms with Crippen molar-refractivity contribution in [3.05, 3.63) is 71.4 Å². The van der Waals surface area contributed by atoms with Gasteiger partial charge in [-0.1, -0.05) is 42.0 Å². The molecule has 0 radical (unpaired) electrons. The van der Waals surface area contributed by atoms with E-state index >= 15 is 0 Å². The third-order valence-electron chi connectivity index (χ3n) is 3.57. The van der Waals surface area contributed by atoms with Crippen molar-refractivity contribution in [3.63, 3.8) is 0 Å². The fourth-order valence-electron chi connectivity index (χ4n) is 2.33. The molecule has 0 aliphatic carbocycles. The van der Waals surface area contributed by atoms with Crippen molar-refractivity contribution in [1.82, 2.24) is 4.90 Å². The molecule has 1 aliphatic rings. The Kier molecular flexibility index (Phi) is 3.74. The second-order valence-corrected chi connectivity index (χ2v) is 5.25. The van der Waals surface area contributed by atoms with Gasteiger partial charge in [-0.05, 0) is 30.7 Å². The van der Waals surface area contributed by atoms with Crippen LogP contribution in [0.3, 0.4) is 0 Å². The summed E-state index contributed by atoms with van der Waals surface area (Å²) in [6.45, 7) is 2.02. The first-order chi connectivity index (χ1) is 10.6. The Balaban J connectivity index is 1.77. The molecule has 0 saturated carbocycles. The molecule has 0 atom stereocenters. The first kappa shape index (κ1) is 14.1. The van der Waals surface area contributed by atoms with Gasteiger partial charge >= 0.3 is 6.03 Å². The van der Waals surface area contributed by atoms with Gasteiger partial charge < -0.3 is 5.32 Å². The van der Waals surface area contributed by atoms with E-state index in [-0.39, 0.29) is 18.4 Å². The first-order valence-electron chi connectivity index (χ1n) is 7.08. The fraction of sp³-hybridized carbons (Fsp3) is 0.111. The van der Waals surface area contributed by atoms with E-state index in [2.05, 4.69) is 5.32 Å². The smallest absolute Gasteiger partial charge is 0.308 e. The highest BCUT2D eigenvalue weighted by Crippen LogP contribution is 2.17. The minimum atomic E-state index is -0.318. The molecule has 0 saturated heterocycles. The lowest BCUT2D eigenvalue weighted by Gasteiger charge is -2.17. The highest BCUT2D eigenvalue weighted by molar-refractivity contribution is 6.04. The number of rotatable bonds is 1. The number of amides is 2. The molecular formula is C18H16N2O2. The summed E-state index contributed by atoms with van der Waals surface area (Å²) in [7, 11) is 0. The standard InChI is InChI=1S/C18H16N2O2/c1-13-6-8-15(9-7-13)19-18(22)20-11-10-14-4-2-3-5-16(14)17(21)12-20/h2-11H,12H2,1H3,(H,19,22). The van der Waals surface area contributed by atoms with Crippen molar-refractivity contribution in [2.45, 2.75) is 6.92 Å². The molecule has 0 spiro atoms. The van der Waals surface area contributed by atoms with Gasteiger partial charge in [-0.15, -0.1) is 0 Å². The van der Waals surface area contributed by atoms with E-state index < -0.39 is 0 Å². The van der Waals surface area contributed by atoms with Crippen LogP contribution < -0.4 is 5.32 Å². The first-order valence-corrected chi connectivity index (χ1v) is 7.08. The molecule has 2 amide bonds. The SMILES string of the molecule is Cc1ccc(NC(=O)N2C=Cc3ccccc3C(=O)C2)cc1. The second-order valence-electron chi connectivity index (χ2n) is 5.25. The molecular weight excluding hydrogens is 276 g/mol. The minimum absolute atomic E-state index is 0.0329. The van der Waals surface area contributed by atoms with Crippen LogP contribution in [0.2, 0.25) is 0 Å². The maximum absolute atomic E-state index is 12.3. The van der Waals surface area contributed by atoms with Crippen LogP contribution in [0.25, 0.3) is 6.08 Å². The molecule has 0 bridgehead atoms. The van der Waals surface area contributed by atoms with Crippen LogP contribution in [0.15, 0.2) is 54.7 Å². The normalized spacial score (nSPS) is 13.5. The zero-order valence-electron chi connectivity index (χ0n) is 12.2. The number of fused-ring (bicyclic) bond motifs is 1. The van der Waals surface area contributed by atoms with Gasteiger partial charge in [0.25, 0.3) is 0 Å². The van der Waals surface area contributed by atoms with E-state index in [1.807, 2.05) is 49.4 Å². The molecule has 0 unspecified atom stereocenters. The van der Waals surface area contributed by atoms with E-state index in [1.165, 1.54) is 4.90 Å². The van der Waals surface area contributed by atoms with Gasteiger partial charge in [-0.3, -0.25) is 9.69 Å². The lowest BCUT2D eigenvalue weighted by Crippen LogP contribution is -2.34. The van der Waals surface area contributed by atoms with Gasteiger partial charge in [0.15, 0.2) is 5.78 Å². The fourth-order valence-corrected chi connectivity index (χ4v) is 2.33. The molecule has 4 heteroatoms. The van der Waals surface area contributed by atoms with Gasteiger partial charge in [0.2, 0.25) is 0 Å². The van der Waals surface area contributed by atoms with Gasteiger partial charge in [-0.2, -0.15) is 0 Å². The second kappa shape index (κ2) is 5.85. The third kappa shape index (κ3) is 2.91. The number of carbonyl (C=O) groups excluding carboxylic acids is 2.